The minimum Gasteiger partial charge on any atom is -0.396 e. The van der Waals surface area contributed by atoms with Gasteiger partial charge in [0, 0.05) is 32.0 Å². The zero-order valence-electron chi connectivity index (χ0n) is 8.61. The second kappa shape index (κ2) is 4.30. The minimum atomic E-state index is 0.229. The standard InChI is InChI=1S/C11H19NO2/c13-8-10-6-12(7-10)11(14)5-9-3-1-2-4-9/h9-10,13H,1-8H2. The average molecular weight is 197 g/mol. The summed E-state index contributed by atoms with van der Waals surface area (Å²) in [6.07, 6.45) is 5.83. The van der Waals surface area contributed by atoms with Crippen molar-refractivity contribution in [2.45, 2.75) is 32.1 Å². The van der Waals surface area contributed by atoms with E-state index in [0.29, 0.717) is 17.7 Å². The van der Waals surface area contributed by atoms with Gasteiger partial charge in [0.1, 0.15) is 0 Å². The molecule has 0 aromatic rings. The fourth-order valence-corrected chi connectivity index (χ4v) is 2.48. The van der Waals surface area contributed by atoms with Crippen LogP contribution in [0.3, 0.4) is 0 Å². The third kappa shape index (κ3) is 2.08. The molecule has 14 heavy (non-hydrogen) atoms. The van der Waals surface area contributed by atoms with Crippen LogP contribution in [0.25, 0.3) is 0 Å². The van der Waals surface area contributed by atoms with Crippen molar-refractivity contribution >= 4 is 5.91 Å². The molecule has 1 saturated carbocycles. The molecule has 1 amide bonds. The Morgan fingerprint density at radius 3 is 2.43 bits per heavy atom. The van der Waals surface area contributed by atoms with Gasteiger partial charge in [-0.2, -0.15) is 0 Å². The van der Waals surface area contributed by atoms with Crippen LogP contribution in [0.1, 0.15) is 32.1 Å². The summed E-state index contributed by atoms with van der Waals surface area (Å²) in [6.45, 7) is 1.79. The van der Waals surface area contributed by atoms with Crippen molar-refractivity contribution in [3.8, 4) is 0 Å². The summed E-state index contributed by atoms with van der Waals surface area (Å²) in [5.41, 5.74) is 0. The van der Waals surface area contributed by atoms with E-state index in [1.54, 1.807) is 0 Å². The third-order valence-electron chi connectivity index (χ3n) is 3.51. The summed E-state index contributed by atoms with van der Waals surface area (Å²) < 4.78 is 0. The molecule has 1 heterocycles. The SMILES string of the molecule is O=C(CC1CCCC1)N1CC(CO)C1. The van der Waals surface area contributed by atoms with E-state index in [1.165, 1.54) is 25.7 Å². The van der Waals surface area contributed by atoms with Crippen LogP contribution < -0.4 is 0 Å². The second-order valence-electron chi connectivity index (χ2n) is 4.70. The molecular formula is C11H19NO2. The fraction of sp³-hybridized carbons (Fsp3) is 0.909. The molecule has 0 spiro atoms. The van der Waals surface area contributed by atoms with Crippen LogP contribution in [0.15, 0.2) is 0 Å². The maximum absolute atomic E-state index is 11.7. The predicted molar refractivity (Wildman–Crippen MR) is 53.7 cm³/mol. The summed E-state index contributed by atoms with van der Waals surface area (Å²) in [7, 11) is 0. The van der Waals surface area contributed by atoms with Crippen molar-refractivity contribution in [1.29, 1.82) is 0 Å². The van der Waals surface area contributed by atoms with Gasteiger partial charge in [-0.15, -0.1) is 0 Å². The molecule has 0 aromatic carbocycles. The van der Waals surface area contributed by atoms with E-state index < -0.39 is 0 Å². The molecule has 3 nitrogen and oxygen atoms in total. The number of hydrogen-bond acceptors (Lipinski definition) is 2. The largest absolute Gasteiger partial charge is 0.396 e. The first-order chi connectivity index (χ1) is 6.79. The van der Waals surface area contributed by atoms with Gasteiger partial charge < -0.3 is 10.0 Å². The van der Waals surface area contributed by atoms with E-state index >= 15 is 0 Å². The lowest BCUT2D eigenvalue weighted by Crippen LogP contribution is -2.51. The van der Waals surface area contributed by atoms with E-state index in [9.17, 15) is 4.79 Å². The molecule has 1 aliphatic heterocycles. The van der Waals surface area contributed by atoms with Gasteiger partial charge in [0.2, 0.25) is 5.91 Å². The van der Waals surface area contributed by atoms with E-state index in [0.717, 1.165) is 19.5 Å². The van der Waals surface area contributed by atoms with Crippen LogP contribution in [-0.4, -0.2) is 35.6 Å². The lowest BCUT2D eigenvalue weighted by atomic mass is 9.97. The summed E-state index contributed by atoms with van der Waals surface area (Å²) in [5.74, 6) is 1.31. The lowest BCUT2D eigenvalue weighted by molar-refractivity contribution is -0.139. The molecule has 0 unspecified atom stereocenters. The first-order valence-electron chi connectivity index (χ1n) is 5.68. The zero-order chi connectivity index (χ0) is 9.97. The summed E-state index contributed by atoms with van der Waals surface area (Å²) in [4.78, 5) is 13.6. The Balaban J connectivity index is 1.69. The molecular weight excluding hydrogens is 178 g/mol. The maximum atomic E-state index is 11.7. The van der Waals surface area contributed by atoms with Crippen LogP contribution in [0.5, 0.6) is 0 Å². The van der Waals surface area contributed by atoms with Crippen molar-refractivity contribution in [2.24, 2.45) is 11.8 Å². The maximum Gasteiger partial charge on any atom is 0.222 e. The number of nitrogens with zero attached hydrogens (tertiary/aromatic N) is 1. The molecule has 2 aliphatic rings. The smallest absolute Gasteiger partial charge is 0.222 e. The molecule has 2 rings (SSSR count). The quantitative estimate of drug-likeness (QED) is 0.733. The van der Waals surface area contributed by atoms with E-state index in [2.05, 4.69) is 0 Å². The second-order valence-corrected chi connectivity index (χ2v) is 4.70. The van der Waals surface area contributed by atoms with Crippen molar-refractivity contribution in [2.75, 3.05) is 19.7 Å². The Hall–Kier alpha value is -0.570. The molecule has 1 N–H and O–H groups in total. The Morgan fingerprint density at radius 2 is 1.86 bits per heavy atom. The number of carbonyl (C=O) groups excluding carboxylic acids is 1. The summed E-state index contributed by atoms with van der Waals surface area (Å²) in [6, 6.07) is 0. The number of carbonyl (C=O) groups is 1. The highest BCUT2D eigenvalue weighted by Gasteiger charge is 2.31. The van der Waals surface area contributed by atoms with Gasteiger partial charge in [-0.25, -0.2) is 0 Å². The highest BCUT2D eigenvalue weighted by Crippen LogP contribution is 2.29. The molecule has 1 aliphatic carbocycles. The Labute approximate surface area is 85.1 Å². The van der Waals surface area contributed by atoms with Gasteiger partial charge in [0.15, 0.2) is 0 Å². The van der Waals surface area contributed by atoms with Crippen molar-refractivity contribution < 1.29 is 9.90 Å². The van der Waals surface area contributed by atoms with Crippen molar-refractivity contribution in [1.82, 2.24) is 4.90 Å². The van der Waals surface area contributed by atoms with Crippen LogP contribution >= 0.6 is 0 Å². The summed E-state index contributed by atoms with van der Waals surface area (Å²) >= 11 is 0. The van der Waals surface area contributed by atoms with Crippen LogP contribution in [-0.2, 0) is 4.79 Å². The van der Waals surface area contributed by atoms with Gasteiger partial charge in [-0.05, 0) is 18.8 Å². The minimum absolute atomic E-state index is 0.229. The van der Waals surface area contributed by atoms with Gasteiger partial charge in [-0.3, -0.25) is 4.79 Å². The zero-order valence-corrected chi connectivity index (χ0v) is 8.61. The first-order valence-corrected chi connectivity index (χ1v) is 5.68. The number of amides is 1. The van der Waals surface area contributed by atoms with Crippen LogP contribution in [0, 0.1) is 11.8 Å². The number of hydrogen-bond donors (Lipinski definition) is 1. The average Bonchev–Trinajstić information content (AvgIpc) is 2.54. The number of rotatable bonds is 3. The Bertz CT molecular complexity index is 205. The molecule has 3 heteroatoms. The first kappa shape index (κ1) is 9.97. The fourth-order valence-electron chi connectivity index (χ4n) is 2.48. The van der Waals surface area contributed by atoms with Gasteiger partial charge in [0.05, 0.1) is 0 Å². The van der Waals surface area contributed by atoms with Gasteiger partial charge in [-0.1, -0.05) is 12.8 Å². The lowest BCUT2D eigenvalue weighted by Gasteiger charge is -2.38. The highest BCUT2D eigenvalue weighted by molar-refractivity contribution is 5.77. The number of aliphatic hydroxyl groups excluding tert-OH is 1. The third-order valence-corrected chi connectivity index (χ3v) is 3.51. The molecule has 0 aromatic heterocycles. The predicted octanol–water partition coefficient (Wildman–Crippen LogP) is 1.02. The molecule has 80 valence electrons. The normalized spacial score (nSPS) is 23.9. The molecule has 0 radical (unpaired) electrons. The van der Waals surface area contributed by atoms with Crippen molar-refractivity contribution in [3.05, 3.63) is 0 Å². The van der Waals surface area contributed by atoms with Gasteiger partial charge >= 0.3 is 0 Å². The van der Waals surface area contributed by atoms with Gasteiger partial charge in [0.25, 0.3) is 0 Å². The van der Waals surface area contributed by atoms with E-state index in [4.69, 9.17) is 5.11 Å². The van der Waals surface area contributed by atoms with E-state index in [1.807, 2.05) is 4.90 Å². The Morgan fingerprint density at radius 1 is 1.21 bits per heavy atom. The number of likely N-dealkylation sites (tertiary alicyclic amines) is 1. The molecule has 0 atom stereocenters. The summed E-state index contributed by atoms with van der Waals surface area (Å²) in [5, 5.41) is 8.83. The Kier molecular flexibility index (Phi) is 3.06. The topological polar surface area (TPSA) is 40.5 Å². The van der Waals surface area contributed by atoms with Crippen LogP contribution in [0.2, 0.25) is 0 Å². The molecule has 2 fully saturated rings. The highest BCUT2D eigenvalue weighted by atomic mass is 16.3. The molecule has 0 bridgehead atoms. The van der Waals surface area contributed by atoms with Crippen molar-refractivity contribution in [3.63, 3.8) is 0 Å². The van der Waals surface area contributed by atoms with E-state index in [-0.39, 0.29) is 6.61 Å². The monoisotopic (exact) mass is 197 g/mol. The number of aliphatic hydroxyl groups is 1. The molecule has 1 saturated heterocycles. The van der Waals surface area contributed by atoms with Crippen LogP contribution in [0.4, 0.5) is 0 Å².